The third-order valence-corrected chi connectivity index (χ3v) is 2.37. The summed E-state index contributed by atoms with van der Waals surface area (Å²) in [6.07, 6.45) is 0. The van der Waals surface area contributed by atoms with Gasteiger partial charge in [0.15, 0.2) is 0 Å². The van der Waals surface area contributed by atoms with Crippen molar-refractivity contribution in [2.24, 2.45) is 5.92 Å². The molecular formula is C11H22N2O5. The molecule has 0 spiro atoms. The minimum absolute atomic E-state index is 0.0713. The average Bonchev–Trinajstić information content (AvgIpc) is 2.29. The second-order valence-electron chi connectivity index (χ2n) is 4.04. The maximum atomic E-state index is 11.5. The number of aliphatic carboxylic acids is 1. The van der Waals surface area contributed by atoms with Gasteiger partial charge in [-0.05, 0) is 0 Å². The summed E-state index contributed by atoms with van der Waals surface area (Å²) in [6.45, 7) is 2.87. The van der Waals surface area contributed by atoms with Gasteiger partial charge in [-0.2, -0.15) is 0 Å². The van der Waals surface area contributed by atoms with Crippen LogP contribution in [0, 0.1) is 5.92 Å². The average molecular weight is 262 g/mol. The van der Waals surface area contributed by atoms with Crippen LogP contribution in [-0.2, 0) is 14.3 Å². The number of methoxy groups -OCH3 is 1. The van der Waals surface area contributed by atoms with Crippen molar-refractivity contribution in [1.29, 1.82) is 0 Å². The topological polar surface area (TPSA) is 99.1 Å². The van der Waals surface area contributed by atoms with Gasteiger partial charge in [-0.1, -0.05) is 6.92 Å². The van der Waals surface area contributed by atoms with Crippen LogP contribution >= 0.6 is 0 Å². The standard InChI is InChI=1S/C11H22N2O5/c1-9(11(16)17)7-13(4-5-14)8-10(15)12-3-6-18-2/h9,14H,3-8H2,1-2H3,(H,12,15)(H,16,17). The second-order valence-corrected chi connectivity index (χ2v) is 4.04. The van der Waals surface area contributed by atoms with E-state index in [9.17, 15) is 9.59 Å². The van der Waals surface area contributed by atoms with Crippen molar-refractivity contribution in [3.8, 4) is 0 Å². The molecule has 1 atom stereocenters. The van der Waals surface area contributed by atoms with Crippen molar-refractivity contribution < 1.29 is 24.5 Å². The molecule has 18 heavy (non-hydrogen) atoms. The Morgan fingerprint density at radius 1 is 1.44 bits per heavy atom. The van der Waals surface area contributed by atoms with Gasteiger partial charge in [0.2, 0.25) is 5.91 Å². The molecule has 0 fully saturated rings. The van der Waals surface area contributed by atoms with E-state index in [0.717, 1.165) is 0 Å². The number of carbonyl (C=O) groups excluding carboxylic acids is 1. The van der Waals surface area contributed by atoms with E-state index in [2.05, 4.69) is 5.32 Å². The molecule has 7 nitrogen and oxygen atoms in total. The van der Waals surface area contributed by atoms with Crippen molar-refractivity contribution in [2.45, 2.75) is 6.92 Å². The van der Waals surface area contributed by atoms with Gasteiger partial charge in [0.25, 0.3) is 0 Å². The van der Waals surface area contributed by atoms with Crippen molar-refractivity contribution in [1.82, 2.24) is 10.2 Å². The van der Waals surface area contributed by atoms with Crippen LogP contribution in [0.1, 0.15) is 6.92 Å². The number of aliphatic hydroxyl groups excluding tert-OH is 1. The summed E-state index contributed by atoms with van der Waals surface area (Å²) in [5, 5.41) is 20.3. The Morgan fingerprint density at radius 2 is 2.11 bits per heavy atom. The Kier molecular flexibility index (Phi) is 9.17. The number of ether oxygens (including phenoxy) is 1. The Balaban J connectivity index is 4.09. The summed E-state index contributed by atoms with van der Waals surface area (Å²) in [5.41, 5.74) is 0. The molecule has 0 rings (SSSR count). The summed E-state index contributed by atoms with van der Waals surface area (Å²) in [7, 11) is 1.54. The smallest absolute Gasteiger partial charge is 0.307 e. The summed E-state index contributed by atoms with van der Waals surface area (Å²) in [6, 6.07) is 0. The number of hydrogen-bond donors (Lipinski definition) is 3. The van der Waals surface area contributed by atoms with Crippen molar-refractivity contribution >= 4 is 11.9 Å². The van der Waals surface area contributed by atoms with Crippen LogP contribution in [0.3, 0.4) is 0 Å². The van der Waals surface area contributed by atoms with E-state index in [4.69, 9.17) is 14.9 Å². The molecule has 106 valence electrons. The predicted octanol–water partition coefficient (Wildman–Crippen LogP) is -1.24. The van der Waals surface area contributed by atoms with Crippen LogP contribution in [0.15, 0.2) is 0 Å². The van der Waals surface area contributed by atoms with Gasteiger partial charge < -0.3 is 20.3 Å². The fourth-order valence-corrected chi connectivity index (χ4v) is 1.39. The number of rotatable bonds is 10. The molecule has 0 radical (unpaired) electrons. The zero-order chi connectivity index (χ0) is 14.0. The van der Waals surface area contributed by atoms with Crippen LogP contribution < -0.4 is 5.32 Å². The molecule has 0 saturated heterocycles. The molecule has 0 saturated carbocycles. The number of hydrogen-bond acceptors (Lipinski definition) is 5. The Bertz CT molecular complexity index is 260. The lowest BCUT2D eigenvalue weighted by Gasteiger charge is -2.22. The lowest BCUT2D eigenvalue weighted by atomic mass is 10.1. The highest BCUT2D eigenvalue weighted by Crippen LogP contribution is 1.99. The first kappa shape index (κ1) is 16.8. The van der Waals surface area contributed by atoms with Gasteiger partial charge in [0.05, 0.1) is 25.7 Å². The molecule has 0 heterocycles. The highest BCUT2D eigenvalue weighted by atomic mass is 16.5. The summed E-state index contributed by atoms with van der Waals surface area (Å²) >= 11 is 0. The van der Waals surface area contributed by atoms with E-state index in [0.29, 0.717) is 13.2 Å². The molecule has 0 aliphatic rings. The van der Waals surface area contributed by atoms with Crippen LogP contribution in [-0.4, -0.2) is 73.5 Å². The number of nitrogens with one attached hydrogen (secondary N) is 1. The summed E-state index contributed by atoms with van der Waals surface area (Å²) in [5.74, 6) is -1.71. The van der Waals surface area contributed by atoms with E-state index in [-0.39, 0.29) is 32.1 Å². The van der Waals surface area contributed by atoms with Crippen LogP contribution in [0.4, 0.5) is 0 Å². The number of nitrogens with zero attached hydrogens (tertiary/aromatic N) is 1. The lowest BCUT2D eigenvalue weighted by Crippen LogP contribution is -2.42. The predicted molar refractivity (Wildman–Crippen MR) is 65.2 cm³/mol. The zero-order valence-electron chi connectivity index (χ0n) is 10.9. The second kappa shape index (κ2) is 9.81. The van der Waals surface area contributed by atoms with Crippen molar-refractivity contribution in [2.75, 3.05) is 46.5 Å². The van der Waals surface area contributed by atoms with E-state index in [1.54, 1.807) is 18.9 Å². The first-order valence-corrected chi connectivity index (χ1v) is 5.83. The van der Waals surface area contributed by atoms with Gasteiger partial charge in [-0.25, -0.2) is 0 Å². The highest BCUT2D eigenvalue weighted by Gasteiger charge is 2.17. The molecular weight excluding hydrogens is 240 g/mol. The number of amides is 1. The number of aliphatic hydroxyl groups is 1. The van der Waals surface area contributed by atoms with E-state index >= 15 is 0 Å². The highest BCUT2D eigenvalue weighted by molar-refractivity contribution is 5.78. The molecule has 0 aromatic rings. The molecule has 1 unspecified atom stereocenters. The monoisotopic (exact) mass is 262 g/mol. The van der Waals surface area contributed by atoms with Gasteiger partial charge in [-0.3, -0.25) is 14.5 Å². The Morgan fingerprint density at radius 3 is 2.61 bits per heavy atom. The lowest BCUT2D eigenvalue weighted by molar-refractivity contribution is -0.142. The first-order chi connectivity index (χ1) is 8.51. The van der Waals surface area contributed by atoms with E-state index in [1.807, 2.05) is 0 Å². The van der Waals surface area contributed by atoms with E-state index < -0.39 is 11.9 Å². The molecule has 3 N–H and O–H groups in total. The minimum Gasteiger partial charge on any atom is -0.481 e. The molecule has 0 bridgehead atoms. The Labute approximate surface area is 107 Å². The molecule has 7 heteroatoms. The molecule has 0 aromatic carbocycles. The molecule has 0 aliphatic heterocycles. The van der Waals surface area contributed by atoms with Gasteiger partial charge in [0.1, 0.15) is 0 Å². The van der Waals surface area contributed by atoms with Crippen LogP contribution in [0.25, 0.3) is 0 Å². The zero-order valence-corrected chi connectivity index (χ0v) is 10.9. The van der Waals surface area contributed by atoms with Crippen LogP contribution in [0.5, 0.6) is 0 Å². The molecule has 1 amide bonds. The summed E-state index contributed by atoms with van der Waals surface area (Å²) in [4.78, 5) is 23.9. The summed E-state index contributed by atoms with van der Waals surface area (Å²) < 4.78 is 4.79. The number of carboxylic acid groups (broad SMARTS) is 1. The largest absolute Gasteiger partial charge is 0.481 e. The normalized spacial score (nSPS) is 12.4. The molecule has 0 aromatic heterocycles. The fraction of sp³-hybridized carbons (Fsp3) is 0.818. The van der Waals surface area contributed by atoms with Crippen molar-refractivity contribution in [3.63, 3.8) is 0 Å². The number of carboxylic acids is 1. The SMILES string of the molecule is COCCNC(=O)CN(CCO)CC(C)C(=O)O. The van der Waals surface area contributed by atoms with E-state index in [1.165, 1.54) is 0 Å². The fourth-order valence-electron chi connectivity index (χ4n) is 1.39. The molecule has 0 aliphatic carbocycles. The quantitative estimate of drug-likeness (QED) is 0.426. The first-order valence-electron chi connectivity index (χ1n) is 5.83. The Hall–Kier alpha value is -1.18. The van der Waals surface area contributed by atoms with Gasteiger partial charge in [0, 0.05) is 26.7 Å². The van der Waals surface area contributed by atoms with Gasteiger partial charge >= 0.3 is 5.97 Å². The number of carbonyl (C=O) groups is 2. The maximum absolute atomic E-state index is 11.5. The van der Waals surface area contributed by atoms with Gasteiger partial charge in [-0.15, -0.1) is 0 Å². The van der Waals surface area contributed by atoms with Crippen molar-refractivity contribution in [3.05, 3.63) is 0 Å². The third-order valence-electron chi connectivity index (χ3n) is 2.37. The third kappa shape index (κ3) is 7.99. The minimum atomic E-state index is -0.919. The maximum Gasteiger partial charge on any atom is 0.307 e. The van der Waals surface area contributed by atoms with Crippen LogP contribution in [0.2, 0.25) is 0 Å².